The molecule has 1 aromatic heterocycles. The Morgan fingerprint density at radius 2 is 2.00 bits per heavy atom. The van der Waals surface area contributed by atoms with Gasteiger partial charge in [-0.3, -0.25) is 4.79 Å². The van der Waals surface area contributed by atoms with E-state index in [9.17, 15) is 13.6 Å². The smallest absolute Gasteiger partial charge is 0.387 e. The van der Waals surface area contributed by atoms with E-state index in [4.69, 9.17) is 16.1 Å². The van der Waals surface area contributed by atoms with Gasteiger partial charge in [0, 0.05) is 16.1 Å². The number of benzene rings is 2. The molecular formula is C17H12ClF2N3O3. The van der Waals surface area contributed by atoms with E-state index in [-0.39, 0.29) is 23.7 Å². The van der Waals surface area contributed by atoms with E-state index < -0.39 is 12.5 Å². The van der Waals surface area contributed by atoms with Crippen molar-refractivity contribution in [3.05, 3.63) is 65.0 Å². The third-order valence-electron chi connectivity index (χ3n) is 3.29. The SMILES string of the molecule is O=C(NCc1nc(-c2cccc(Cl)c2)no1)c1ccc(OC(F)F)cc1. The Balaban J connectivity index is 1.59. The van der Waals surface area contributed by atoms with Gasteiger partial charge < -0.3 is 14.6 Å². The second kappa shape index (κ2) is 7.92. The lowest BCUT2D eigenvalue weighted by Crippen LogP contribution is -2.22. The van der Waals surface area contributed by atoms with Crippen molar-refractivity contribution in [1.82, 2.24) is 15.5 Å². The second-order valence-corrected chi connectivity index (χ2v) is 5.54. The van der Waals surface area contributed by atoms with Crippen LogP contribution >= 0.6 is 11.6 Å². The Morgan fingerprint density at radius 1 is 1.23 bits per heavy atom. The Morgan fingerprint density at radius 3 is 2.69 bits per heavy atom. The number of ether oxygens (including phenoxy) is 1. The van der Waals surface area contributed by atoms with Crippen LogP contribution in [0.2, 0.25) is 5.02 Å². The largest absolute Gasteiger partial charge is 0.435 e. The van der Waals surface area contributed by atoms with Gasteiger partial charge in [0.25, 0.3) is 5.91 Å². The van der Waals surface area contributed by atoms with Gasteiger partial charge >= 0.3 is 6.61 Å². The zero-order chi connectivity index (χ0) is 18.5. The summed E-state index contributed by atoms with van der Waals surface area (Å²) in [6.45, 7) is -2.90. The average Bonchev–Trinajstić information content (AvgIpc) is 3.09. The highest BCUT2D eigenvalue weighted by molar-refractivity contribution is 6.30. The van der Waals surface area contributed by atoms with Crippen LogP contribution in [0.3, 0.4) is 0 Å². The second-order valence-electron chi connectivity index (χ2n) is 5.11. The molecule has 0 saturated carbocycles. The highest BCUT2D eigenvalue weighted by Crippen LogP contribution is 2.20. The molecule has 3 rings (SSSR count). The minimum atomic E-state index is -2.92. The molecule has 3 aromatic rings. The maximum absolute atomic E-state index is 12.1. The number of hydrogen-bond acceptors (Lipinski definition) is 5. The molecule has 134 valence electrons. The summed E-state index contributed by atoms with van der Waals surface area (Å²) in [4.78, 5) is 16.2. The number of nitrogens with zero attached hydrogens (tertiary/aromatic N) is 2. The van der Waals surface area contributed by atoms with E-state index >= 15 is 0 Å². The van der Waals surface area contributed by atoms with Gasteiger partial charge in [0.05, 0.1) is 6.54 Å². The molecule has 0 aliphatic carbocycles. The minimum absolute atomic E-state index is 0.0156. The minimum Gasteiger partial charge on any atom is -0.435 e. The Labute approximate surface area is 151 Å². The molecule has 0 fully saturated rings. The number of amides is 1. The predicted octanol–water partition coefficient (Wildman–Crippen LogP) is 3.92. The van der Waals surface area contributed by atoms with Crippen molar-refractivity contribution in [3.8, 4) is 17.1 Å². The van der Waals surface area contributed by atoms with Crippen molar-refractivity contribution in [2.45, 2.75) is 13.2 Å². The summed E-state index contributed by atoms with van der Waals surface area (Å²) in [5.41, 5.74) is 0.967. The summed E-state index contributed by atoms with van der Waals surface area (Å²) >= 11 is 5.92. The lowest BCUT2D eigenvalue weighted by Gasteiger charge is -2.05. The molecule has 0 bridgehead atoms. The lowest BCUT2D eigenvalue weighted by atomic mass is 10.2. The fourth-order valence-electron chi connectivity index (χ4n) is 2.12. The third kappa shape index (κ3) is 4.54. The van der Waals surface area contributed by atoms with E-state index in [1.54, 1.807) is 24.3 Å². The first kappa shape index (κ1) is 17.8. The third-order valence-corrected chi connectivity index (χ3v) is 3.53. The van der Waals surface area contributed by atoms with Gasteiger partial charge in [-0.05, 0) is 36.4 Å². The van der Waals surface area contributed by atoms with Gasteiger partial charge in [-0.1, -0.05) is 28.9 Å². The summed E-state index contributed by atoms with van der Waals surface area (Å²) in [5.74, 6) is 0.118. The number of carbonyl (C=O) groups is 1. The number of nitrogens with one attached hydrogen (secondary N) is 1. The van der Waals surface area contributed by atoms with Crippen molar-refractivity contribution in [3.63, 3.8) is 0 Å². The number of hydrogen-bond donors (Lipinski definition) is 1. The first-order valence-electron chi connectivity index (χ1n) is 7.43. The molecule has 1 amide bonds. The van der Waals surface area contributed by atoms with Crippen LogP contribution in [-0.2, 0) is 6.54 Å². The number of aromatic nitrogens is 2. The summed E-state index contributed by atoms with van der Waals surface area (Å²) in [5, 5.41) is 6.98. The molecule has 1 N–H and O–H groups in total. The Bertz CT molecular complexity index is 900. The van der Waals surface area contributed by atoms with Crippen LogP contribution in [0, 0.1) is 0 Å². The molecule has 2 aromatic carbocycles. The normalized spacial score (nSPS) is 10.8. The van der Waals surface area contributed by atoms with Gasteiger partial charge in [-0.25, -0.2) is 0 Å². The quantitative estimate of drug-likeness (QED) is 0.702. The van der Waals surface area contributed by atoms with Crippen LogP contribution in [-0.4, -0.2) is 22.7 Å². The van der Waals surface area contributed by atoms with Crippen molar-refractivity contribution < 1.29 is 22.8 Å². The van der Waals surface area contributed by atoms with E-state index in [1.807, 2.05) is 0 Å². The Kier molecular flexibility index (Phi) is 5.43. The Hall–Kier alpha value is -3.00. The van der Waals surface area contributed by atoms with E-state index in [1.165, 1.54) is 24.3 Å². The van der Waals surface area contributed by atoms with Crippen LogP contribution in [0.15, 0.2) is 53.1 Å². The molecule has 9 heteroatoms. The van der Waals surface area contributed by atoms with Gasteiger partial charge in [0.1, 0.15) is 5.75 Å². The van der Waals surface area contributed by atoms with Gasteiger partial charge in [0.2, 0.25) is 11.7 Å². The molecule has 0 spiro atoms. The molecule has 6 nitrogen and oxygen atoms in total. The number of carbonyl (C=O) groups excluding carboxylic acids is 1. The molecule has 0 aliphatic heterocycles. The van der Waals surface area contributed by atoms with Gasteiger partial charge in [-0.2, -0.15) is 13.8 Å². The number of rotatable bonds is 6. The zero-order valence-electron chi connectivity index (χ0n) is 13.2. The van der Waals surface area contributed by atoms with Crippen LogP contribution < -0.4 is 10.1 Å². The molecular weight excluding hydrogens is 368 g/mol. The van der Waals surface area contributed by atoms with Crippen molar-refractivity contribution in [2.75, 3.05) is 0 Å². The monoisotopic (exact) mass is 379 g/mol. The number of alkyl halides is 2. The predicted molar refractivity (Wildman–Crippen MR) is 89.0 cm³/mol. The van der Waals surface area contributed by atoms with Crippen LogP contribution in [0.5, 0.6) is 5.75 Å². The van der Waals surface area contributed by atoms with E-state index in [0.29, 0.717) is 16.4 Å². The maximum Gasteiger partial charge on any atom is 0.387 e. The lowest BCUT2D eigenvalue weighted by molar-refractivity contribution is -0.0498. The van der Waals surface area contributed by atoms with Gasteiger partial charge in [0.15, 0.2) is 0 Å². The molecule has 0 aliphatic rings. The standard InChI is InChI=1S/C17H12ClF2N3O3/c18-12-3-1-2-11(8-12)15-22-14(26-23-15)9-21-16(24)10-4-6-13(7-5-10)25-17(19)20/h1-8,17H,9H2,(H,21,24). The molecule has 0 radical (unpaired) electrons. The van der Waals surface area contributed by atoms with Crippen LogP contribution in [0.25, 0.3) is 11.4 Å². The summed E-state index contributed by atoms with van der Waals surface area (Å²) in [6.07, 6.45) is 0. The van der Waals surface area contributed by atoms with Gasteiger partial charge in [-0.15, -0.1) is 0 Å². The first-order chi connectivity index (χ1) is 12.5. The fraction of sp³-hybridized carbons (Fsp3) is 0.118. The summed E-state index contributed by atoms with van der Waals surface area (Å²) < 4.78 is 33.5. The van der Waals surface area contributed by atoms with Crippen LogP contribution in [0.1, 0.15) is 16.2 Å². The van der Waals surface area contributed by atoms with Crippen LogP contribution in [0.4, 0.5) is 8.78 Å². The molecule has 0 saturated heterocycles. The van der Waals surface area contributed by atoms with Crippen molar-refractivity contribution in [1.29, 1.82) is 0 Å². The van der Waals surface area contributed by atoms with Crippen molar-refractivity contribution in [2.24, 2.45) is 0 Å². The summed E-state index contributed by atoms with van der Waals surface area (Å²) in [7, 11) is 0. The first-order valence-corrected chi connectivity index (χ1v) is 7.80. The highest BCUT2D eigenvalue weighted by Gasteiger charge is 2.12. The van der Waals surface area contributed by atoms with E-state index in [0.717, 1.165) is 0 Å². The van der Waals surface area contributed by atoms with Crippen molar-refractivity contribution >= 4 is 17.5 Å². The topological polar surface area (TPSA) is 77.3 Å². The fourth-order valence-corrected chi connectivity index (χ4v) is 2.31. The zero-order valence-corrected chi connectivity index (χ0v) is 13.9. The molecule has 0 atom stereocenters. The molecule has 1 heterocycles. The summed E-state index contributed by atoms with van der Waals surface area (Å²) in [6, 6.07) is 12.3. The average molecular weight is 380 g/mol. The van der Waals surface area contributed by atoms with E-state index in [2.05, 4.69) is 20.2 Å². The maximum atomic E-state index is 12.1. The number of halogens is 3. The highest BCUT2D eigenvalue weighted by atomic mass is 35.5. The molecule has 26 heavy (non-hydrogen) atoms. The molecule has 0 unspecified atom stereocenters.